The molecule has 1 aliphatic heterocycles. The van der Waals surface area contributed by atoms with Crippen LogP contribution in [-0.2, 0) is 17.8 Å². The second-order valence-electron chi connectivity index (χ2n) is 8.85. The highest BCUT2D eigenvalue weighted by Crippen LogP contribution is 2.42. The molecule has 4 aromatic carbocycles. The van der Waals surface area contributed by atoms with Gasteiger partial charge in [-0.25, -0.2) is 0 Å². The van der Waals surface area contributed by atoms with Crippen LogP contribution in [-0.4, -0.2) is 18.4 Å². The van der Waals surface area contributed by atoms with Gasteiger partial charge in [-0.05, 0) is 77.7 Å². The summed E-state index contributed by atoms with van der Waals surface area (Å²) in [5.41, 5.74) is 4.36. The van der Waals surface area contributed by atoms with E-state index in [1.165, 1.54) is 11.8 Å². The van der Waals surface area contributed by atoms with Crippen molar-refractivity contribution < 1.29 is 9.59 Å². The van der Waals surface area contributed by atoms with Crippen molar-refractivity contribution in [1.82, 2.24) is 5.32 Å². The average Bonchev–Trinajstić information content (AvgIpc) is 2.92. The molecule has 0 atom stereocenters. The van der Waals surface area contributed by atoms with Crippen LogP contribution >= 0.6 is 35.0 Å². The molecule has 1 N–H and O–H groups in total. The van der Waals surface area contributed by atoms with E-state index in [2.05, 4.69) is 5.32 Å². The molecule has 0 radical (unpaired) electrons. The molecule has 0 saturated carbocycles. The molecule has 7 heteroatoms. The summed E-state index contributed by atoms with van der Waals surface area (Å²) in [7, 11) is 0. The van der Waals surface area contributed by atoms with Gasteiger partial charge in [-0.2, -0.15) is 0 Å². The van der Waals surface area contributed by atoms with Crippen LogP contribution in [0.2, 0.25) is 10.0 Å². The molecule has 0 spiro atoms. The molecular weight excluding hydrogens is 535 g/mol. The Morgan fingerprint density at radius 1 is 0.842 bits per heavy atom. The normalized spacial score (nSPS) is 13.9. The number of nitrogens with one attached hydrogen (secondary N) is 1. The molecule has 0 aromatic heterocycles. The zero-order chi connectivity index (χ0) is 26.5. The van der Waals surface area contributed by atoms with E-state index in [1.807, 2.05) is 91.0 Å². The molecule has 190 valence electrons. The van der Waals surface area contributed by atoms with Gasteiger partial charge >= 0.3 is 0 Å². The first-order chi connectivity index (χ1) is 18.5. The van der Waals surface area contributed by atoms with Gasteiger partial charge in [0.1, 0.15) is 0 Å². The first kappa shape index (κ1) is 26.1. The third kappa shape index (κ3) is 6.30. The number of hydrogen-bond acceptors (Lipinski definition) is 3. The van der Waals surface area contributed by atoms with Gasteiger partial charge in [0.15, 0.2) is 0 Å². The summed E-state index contributed by atoms with van der Waals surface area (Å²) in [6.45, 7) is 0.947. The summed E-state index contributed by atoms with van der Waals surface area (Å²) < 4.78 is 0. The number of hydrogen-bond donors (Lipinski definition) is 1. The Morgan fingerprint density at radius 3 is 2.37 bits per heavy atom. The molecule has 0 saturated heterocycles. The van der Waals surface area contributed by atoms with E-state index in [4.69, 9.17) is 23.2 Å². The average molecular weight is 560 g/mol. The van der Waals surface area contributed by atoms with E-state index >= 15 is 0 Å². The zero-order valence-electron chi connectivity index (χ0n) is 20.4. The fraction of sp³-hybridized carbons (Fsp3) is 0.0968. The molecule has 2 amide bonds. The lowest BCUT2D eigenvalue weighted by Crippen LogP contribution is -2.33. The number of benzene rings is 4. The number of carbonyl (C=O) groups excluding carboxylic acids is 2. The van der Waals surface area contributed by atoms with Crippen LogP contribution in [0.1, 0.15) is 27.0 Å². The minimum absolute atomic E-state index is 0.0716. The summed E-state index contributed by atoms with van der Waals surface area (Å²) in [4.78, 5) is 29.6. The fourth-order valence-corrected chi connectivity index (χ4v) is 5.59. The van der Waals surface area contributed by atoms with E-state index in [-0.39, 0.29) is 11.8 Å². The van der Waals surface area contributed by atoms with E-state index in [9.17, 15) is 9.59 Å². The number of halogens is 2. The molecule has 5 rings (SSSR count). The maximum Gasteiger partial charge on any atom is 0.265 e. The predicted octanol–water partition coefficient (Wildman–Crippen LogP) is 7.65. The lowest BCUT2D eigenvalue weighted by molar-refractivity contribution is -0.114. The van der Waals surface area contributed by atoms with Crippen LogP contribution in [0.3, 0.4) is 0 Å². The van der Waals surface area contributed by atoms with Crippen LogP contribution in [0.15, 0.2) is 107 Å². The van der Waals surface area contributed by atoms with Gasteiger partial charge in [-0.3, -0.25) is 9.59 Å². The standard InChI is InChI=1S/C31H24Cl2N2O2S/c32-25-14-10-21(11-15-25)16-17-34-30(36)24-12-8-22(9-13-24)19-29-31(37)35(20-23-4-3-5-26(33)18-23)27-6-1-2-7-28(27)38-29/h1-15,18-19H,16-17,20H2,(H,34,36). The molecule has 1 heterocycles. The van der Waals surface area contributed by atoms with Crippen LogP contribution in [0.4, 0.5) is 5.69 Å². The molecule has 0 aliphatic carbocycles. The maximum atomic E-state index is 13.5. The van der Waals surface area contributed by atoms with Gasteiger partial charge in [0.2, 0.25) is 0 Å². The number of amides is 2. The van der Waals surface area contributed by atoms with Gasteiger partial charge in [-0.15, -0.1) is 0 Å². The molecular formula is C31H24Cl2N2O2S. The second-order valence-corrected chi connectivity index (χ2v) is 10.8. The molecule has 0 bridgehead atoms. The van der Waals surface area contributed by atoms with Crippen molar-refractivity contribution in [2.45, 2.75) is 17.9 Å². The number of rotatable bonds is 7. The SMILES string of the molecule is O=C(NCCc1ccc(Cl)cc1)c1ccc(C=C2Sc3ccccc3N(Cc3cccc(Cl)c3)C2=O)cc1. The first-order valence-electron chi connectivity index (χ1n) is 12.1. The molecule has 0 unspecified atom stereocenters. The number of carbonyl (C=O) groups is 2. The number of fused-ring (bicyclic) bond motifs is 1. The van der Waals surface area contributed by atoms with Gasteiger partial charge in [0.05, 0.1) is 17.1 Å². The summed E-state index contributed by atoms with van der Waals surface area (Å²) in [6, 6.07) is 30.3. The summed E-state index contributed by atoms with van der Waals surface area (Å²) in [5.74, 6) is -0.208. The highest BCUT2D eigenvalue weighted by atomic mass is 35.5. The minimum Gasteiger partial charge on any atom is -0.352 e. The molecule has 1 aliphatic rings. The highest BCUT2D eigenvalue weighted by Gasteiger charge is 2.29. The quantitative estimate of drug-likeness (QED) is 0.237. The van der Waals surface area contributed by atoms with E-state index < -0.39 is 0 Å². The van der Waals surface area contributed by atoms with Crippen LogP contribution in [0, 0.1) is 0 Å². The second kappa shape index (κ2) is 11.9. The Hall–Kier alpha value is -3.51. The number of para-hydroxylation sites is 1. The van der Waals surface area contributed by atoms with Crippen molar-refractivity contribution in [2.24, 2.45) is 0 Å². The van der Waals surface area contributed by atoms with E-state index in [0.29, 0.717) is 33.6 Å². The lowest BCUT2D eigenvalue weighted by Gasteiger charge is -2.30. The van der Waals surface area contributed by atoms with Crippen LogP contribution in [0.25, 0.3) is 6.08 Å². The monoisotopic (exact) mass is 558 g/mol. The third-order valence-corrected chi connectivity index (χ3v) is 7.71. The van der Waals surface area contributed by atoms with Crippen molar-refractivity contribution in [3.63, 3.8) is 0 Å². The van der Waals surface area contributed by atoms with E-state index in [1.54, 1.807) is 17.0 Å². The number of nitrogens with zero attached hydrogens (tertiary/aromatic N) is 1. The summed E-state index contributed by atoms with van der Waals surface area (Å²) >= 11 is 13.6. The minimum atomic E-state index is -0.136. The Bertz CT molecular complexity index is 1500. The Labute approximate surface area is 236 Å². The van der Waals surface area contributed by atoms with Gasteiger partial charge in [0.25, 0.3) is 11.8 Å². The van der Waals surface area contributed by atoms with E-state index in [0.717, 1.165) is 33.7 Å². The highest BCUT2D eigenvalue weighted by molar-refractivity contribution is 8.04. The Kier molecular flexibility index (Phi) is 8.18. The smallest absolute Gasteiger partial charge is 0.265 e. The Balaban J connectivity index is 1.29. The molecule has 0 fully saturated rings. The maximum absolute atomic E-state index is 13.5. The topological polar surface area (TPSA) is 49.4 Å². The predicted molar refractivity (Wildman–Crippen MR) is 157 cm³/mol. The summed E-state index contributed by atoms with van der Waals surface area (Å²) in [6.07, 6.45) is 2.59. The molecule has 4 aromatic rings. The molecule has 38 heavy (non-hydrogen) atoms. The molecule has 4 nitrogen and oxygen atoms in total. The van der Waals surface area contributed by atoms with Crippen molar-refractivity contribution in [1.29, 1.82) is 0 Å². The fourth-order valence-electron chi connectivity index (χ4n) is 4.19. The van der Waals surface area contributed by atoms with Crippen molar-refractivity contribution in [2.75, 3.05) is 11.4 Å². The third-order valence-electron chi connectivity index (χ3n) is 6.14. The van der Waals surface area contributed by atoms with Gasteiger partial charge < -0.3 is 10.2 Å². The van der Waals surface area contributed by atoms with Crippen molar-refractivity contribution in [3.8, 4) is 0 Å². The lowest BCUT2D eigenvalue weighted by atomic mass is 10.1. The number of anilines is 1. The van der Waals surface area contributed by atoms with Crippen LogP contribution in [0.5, 0.6) is 0 Å². The van der Waals surface area contributed by atoms with Crippen molar-refractivity contribution >= 4 is 58.5 Å². The van der Waals surface area contributed by atoms with Gasteiger partial charge in [0, 0.05) is 27.0 Å². The zero-order valence-corrected chi connectivity index (χ0v) is 22.7. The number of thioether (sulfide) groups is 1. The first-order valence-corrected chi connectivity index (χ1v) is 13.7. The largest absolute Gasteiger partial charge is 0.352 e. The van der Waals surface area contributed by atoms with Crippen LogP contribution < -0.4 is 10.2 Å². The van der Waals surface area contributed by atoms with Crippen molar-refractivity contribution in [3.05, 3.63) is 134 Å². The van der Waals surface area contributed by atoms with Gasteiger partial charge in [-0.1, -0.05) is 83.5 Å². The summed E-state index contributed by atoms with van der Waals surface area (Å²) in [5, 5.41) is 4.28. The Morgan fingerprint density at radius 2 is 1.61 bits per heavy atom.